The van der Waals surface area contributed by atoms with Gasteiger partial charge in [-0.15, -0.1) is 0 Å². The van der Waals surface area contributed by atoms with E-state index in [9.17, 15) is 23.1 Å². The normalized spacial score (nSPS) is 18.9. The molecule has 0 spiro atoms. The molecule has 0 bridgehead atoms. The predicted octanol–water partition coefficient (Wildman–Crippen LogP) is 6.01. The van der Waals surface area contributed by atoms with Crippen LogP contribution in [0, 0.1) is 17.5 Å². The van der Waals surface area contributed by atoms with Gasteiger partial charge in [0.15, 0.2) is 17.5 Å². The average molecular weight is 474 g/mol. The van der Waals surface area contributed by atoms with Crippen LogP contribution in [-0.4, -0.2) is 28.3 Å². The van der Waals surface area contributed by atoms with Crippen LogP contribution < -0.4 is 0 Å². The lowest BCUT2D eigenvalue weighted by Crippen LogP contribution is -2.31. The van der Waals surface area contributed by atoms with Gasteiger partial charge in [0.2, 0.25) is 0 Å². The van der Waals surface area contributed by atoms with Crippen molar-refractivity contribution in [2.24, 2.45) is 0 Å². The third-order valence-corrected chi connectivity index (χ3v) is 6.59. The van der Waals surface area contributed by atoms with E-state index in [0.29, 0.717) is 16.4 Å². The molecule has 0 radical (unpaired) electrons. The Labute approximate surface area is 193 Å². The number of aliphatic hydroxyl groups excluding tert-OH is 1. The van der Waals surface area contributed by atoms with Gasteiger partial charge in [-0.3, -0.25) is 9.78 Å². The van der Waals surface area contributed by atoms with Gasteiger partial charge >= 0.3 is 5.97 Å². The molecule has 3 aromatic rings. The van der Waals surface area contributed by atoms with Crippen molar-refractivity contribution in [3.8, 4) is 0 Å². The van der Waals surface area contributed by atoms with Gasteiger partial charge in [-0.25, -0.2) is 13.2 Å². The number of benzene rings is 2. The molecule has 1 aliphatic rings. The second kappa shape index (κ2) is 9.57. The van der Waals surface area contributed by atoms with Crippen molar-refractivity contribution in [2.45, 2.75) is 54.6 Å². The van der Waals surface area contributed by atoms with Crippen LogP contribution in [0.1, 0.15) is 43.7 Å². The number of rotatable bonds is 5. The summed E-state index contributed by atoms with van der Waals surface area (Å²) in [5, 5.41) is 9.95. The van der Waals surface area contributed by atoms with Gasteiger partial charge in [0.25, 0.3) is 0 Å². The first-order chi connectivity index (χ1) is 15.7. The molecule has 0 saturated carbocycles. The molecule has 4 rings (SSSR count). The summed E-state index contributed by atoms with van der Waals surface area (Å²) < 4.78 is 47.6. The first-order valence-corrected chi connectivity index (χ1v) is 11.3. The Balaban J connectivity index is 1.78. The molecule has 2 heterocycles. The lowest BCUT2D eigenvalue weighted by Gasteiger charge is -2.23. The topological polar surface area (TPSA) is 59.4 Å². The van der Waals surface area contributed by atoms with Crippen LogP contribution in [0.25, 0.3) is 17.0 Å². The molecule has 172 valence electrons. The van der Waals surface area contributed by atoms with Crippen molar-refractivity contribution in [3.63, 3.8) is 0 Å². The first-order valence-electron chi connectivity index (χ1n) is 10.5. The number of pyridine rings is 1. The Kier molecular flexibility index (Phi) is 6.76. The summed E-state index contributed by atoms with van der Waals surface area (Å²) in [7, 11) is 0. The maximum atomic E-state index is 14.4. The summed E-state index contributed by atoms with van der Waals surface area (Å²) in [5.74, 6) is -4.37. The van der Waals surface area contributed by atoms with E-state index in [0.717, 1.165) is 16.5 Å². The second-order valence-corrected chi connectivity index (χ2v) is 9.32. The number of aromatic nitrogens is 1. The van der Waals surface area contributed by atoms with Crippen LogP contribution in [0.2, 0.25) is 0 Å². The number of cyclic esters (lactones) is 1. The van der Waals surface area contributed by atoms with E-state index >= 15 is 0 Å². The summed E-state index contributed by atoms with van der Waals surface area (Å²) >= 11 is 1.27. The standard InChI is InChI=1S/C25H22F3NO3S/c1-13(2)14-4-7-18(8-5-14)33-25-15(3-6-17-9-16(30)10-21(31)32-17)12-29-24-19(25)11-20(26)22(27)23(24)28/h3-8,11-13,16-17,30H,9-10H2,1-2H3/b6-3+/t16?,17-/m0/s1. The molecule has 1 aliphatic heterocycles. The zero-order valence-electron chi connectivity index (χ0n) is 18.0. The molecule has 2 aromatic carbocycles. The number of nitrogens with zero attached hydrogens (tertiary/aromatic N) is 1. The van der Waals surface area contributed by atoms with Crippen molar-refractivity contribution >= 4 is 34.7 Å². The lowest BCUT2D eigenvalue weighted by atomic mass is 10.0. The highest BCUT2D eigenvalue weighted by Crippen LogP contribution is 2.38. The number of aliphatic hydroxyl groups is 1. The molecule has 0 amide bonds. The summed E-state index contributed by atoms with van der Waals surface area (Å²) in [5.41, 5.74) is 1.39. The smallest absolute Gasteiger partial charge is 0.309 e. The third-order valence-electron chi connectivity index (χ3n) is 5.42. The molecule has 33 heavy (non-hydrogen) atoms. The molecular formula is C25H22F3NO3S. The minimum atomic E-state index is -1.57. The van der Waals surface area contributed by atoms with Crippen LogP contribution in [0.5, 0.6) is 0 Å². The molecule has 4 nitrogen and oxygen atoms in total. The molecule has 1 unspecified atom stereocenters. The maximum Gasteiger partial charge on any atom is 0.309 e. The minimum Gasteiger partial charge on any atom is -0.458 e. The van der Waals surface area contributed by atoms with Crippen molar-refractivity contribution in [1.82, 2.24) is 4.98 Å². The van der Waals surface area contributed by atoms with Crippen molar-refractivity contribution in [3.05, 3.63) is 71.2 Å². The van der Waals surface area contributed by atoms with Crippen LogP contribution >= 0.6 is 11.8 Å². The number of esters is 1. The van der Waals surface area contributed by atoms with Crippen molar-refractivity contribution < 1.29 is 27.8 Å². The molecule has 2 atom stereocenters. The molecule has 0 aliphatic carbocycles. The second-order valence-electron chi connectivity index (χ2n) is 8.23. The van der Waals surface area contributed by atoms with Crippen LogP contribution in [0.4, 0.5) is 13.2 Å². The number of ether oxygens (including phenoxy) is 1. The van der Waals surface area contributed by atoms with Gasteiger partial charge in [-0.05, 0) is 35.8 Å². The molecule has 1 N–H and O–H groups in total. The fourth-order valence-electron chi connectivity index (χ4n) is 3.64. The molecular weight excluding hydrogens is 451 g/mol. The van der Waals surface area contributed by atoms with Gasteiger partial charge < -0.3 is 9.84 Å². The number of halogens is 3. The number of fused-ring (bicyclic) bond motifs is 1. The van der Waals surface area contributed by atoms with Gasteiger partial charge in [0.05, 0.1) is 12.5 Å². The van der Waals surface area contributed by atoms with Crippen molar-refractivity contribution in [2.75, 3.05) is 0 Å². The Hall–Kier alpha value is -2.84. The number of hydrogen-bond acceptors (Lipinski definition) is 5. The van der Waals surface area contributed by atoms with Crippen LogP contribution in [-0.2, 0) is 9.53 Å². The zero-order chi connectivity index (χ0) is 23.7. The van der Waals surface area contributed by atoms with E-state index in [4.69, 9.17) is 4.74 Å². The highest BCUT2D eigenvalue weighted by molar-refractivity contribution is 7.99. The van der Waals surface area contributed by atoms with E-state index < -0.39 is 35.6 Å². The SMILES string of the molecule is CC(C)c1ccc(Sc2c(/C=C/[C@H]3CC(O)CC(=O)O3)cnc3c(F)c(F)c(F)cc23)cc1. The summed E-state index contributed by atoms with van der Waals surface area (Å²) in [4.78, 5) is 16.9. The number of carbonyl (C=O) groups excluding carboxylic acids is 1. The Bertz CT molecular complexity index is 1230. The maximum absolute atomic E-state index is 14.4. The number of carbonyl (C=O) groups is 1. The minimum absolute atomic E-state index is 0.0561. The summed E-state index contributed by atoms with van der Waals surface area (Å²) in [6.45, 7) is 4.16. The van der Waals surface area contributed by atoms with Crippen molar-refractivity contribution in [1.29, 1.82) is 0 Å². The molecule has 8 heteroatoms. The van der Waals surface area contributed by atoms with E-state index in [1.54, 1.807) is 12.2 Å². The fraction of sp³-hybridized carbons (Fsp3) is 0.280. The monoisotopic (exact) mass is 473 g/mol. The zero-order valence-corrected chi connectivity index (χ0v) is 18.8. The highest BCUT2D eigenvalue weighted by atomic mass is 32.2. The third kappa shape index (κ3) is 5.07. The van der Waals surface area contributed by atoms with E-state index in [1.807, 2.05) is 24.3 Å². The van der Waals surface area contributed by atoms with Gasteiger partial charge in [-0.2, -0.15) is 0 Å². The van der Waals surface area contributed by atoms with E-state index in [-0.39, 0.29) is 23.7 Å². The lowest BCUT2D eigenvalue weighted by molar-refractivity contribution is -0.156. The molecule has 1 fully saturated rings. The van der Waals surface area contributed by atoms with E-state index in [1.165, 1.54) is 18.0 Å². The first kappa shape index (κ1) is 23.3. The van der Waals surface area contributed by atoms with Crippen LogP contribution in [0.15, 0.2) is 52.4 Å². The molecule has 1 aromatic heterocycles. The number of hydrogen-bond donors (Lipinski definition) is 1. The Morgan fingerprint density at radius 3 is 2.58 bits per heavy atom. The quantitative estimate of drug-likeness (QED) is 0.364. The Morgan fingerprint density at radius 2 is 1.91 bits per heavy atom. The fourth-order valence-corrected chi connectivity index (χ4v) is 4.65. The highest BCUT2D eigenvalue weighted by Gasteiger charge is 2.25. The van der Waals surface area contributed by atoms with Gasteiger partial charge in [0, 0.05) is 33.4 Å². The largest absolute Gasteiger partial charge is 0.458 e. The van der Waals surface area contributed by atoms with Crippen LogP contribution in [0.3, 0.4) is 0 Å². The Morgan fingerprint density at radius 1 is 1.18 bits per heavy atom. The summed E-state index contributed by atoms with van der Waals surface area (Å²) in [6.07, 6.45) is 3.36. The van der Waals surface area contributed by atoms with E-state index in [2.05, 4.69) is 18.8 Å². The predicted molar refractivity (Wildman–Crippen MR) is 120 cm³/mol. The average Bonchev–Trinajstić information content (AvgIpc) is 2.77. The molecule has 1 saturated heterocycles. The van der Waals surface area contributed by atoms with Gasteiger partial charge in [0.1, 0.15) is 11.6 Å². The summed E-state index contributed by atoms with van der Waals surface area (Å²) in [6, 6.07) is 8.73. The van der Waals surface area contributed by atoms with Gasteiger partial charge in [-0.1, -0.05) is 43.8 Å².